The third kappa shape index (κ3) is 1.97. The molecule has 2 amide bonds. The lowest BCUT2D eigenvalue weighted by Crippen LogP contribution is -2.24. The Hall–Kier alpha value is -0.990. The fraction of sp³-hybridized carbons (Fsp3) is 0.625. The molecule has 1 fully saturated rings. The van der Waals surface area contributed by atoms with Crippen molar-refractivity contribution in [3.05, 3.63) is 12.3 Å². The highest BCUT2D eigenvalue weighted by Crippen LogP contribution is 2.11. The van der Waals surface area contributed by atoms with E-state index in [9.17, 15) is 4.79 Å². The minimum atomic E-state index is -0.0625. The molecule has 0 radical (unpaired) electrons. The van der Waals surface area contributed by atoms with Gasteiger partial charge in [-0.15, -0.1) is 0 Å². The summed E-state index contributed by atoms with van der Waals surface area (Å²) >= 11 is 0. The van der Waals surface area contributed by atoms with Crippen molar-refractivity contribution < 1.29 is 4.79 Å². The van der Waals surface area contributed by atoms with E-state index < -0.39 is 0 Å². The van der Waals surface area contributed by atoms with Gasteiger partial charge in [0.15, 0.2) is 0 Å². The van der Waals surface area contributed by atoms with Gasteiger partial charge in [-0.1, -0.05) is 20.4 Å². The summed E-state index contributed by atoms with van der Waals surface area (Å²) in [6, 6.07) is 0.0370. The van der Waals surface area contributed by atoms with Crippen LogP contribution in [0.15, 0.2) is 12.3 Å². The van der Waals surface area contributed by atoms with Crippen LogP contribution in [-0.2, 0) is 0 Å². The molecular formula is C8H16N2O. The van der Waals surface area contributed by atoms with Gasteiger partial charge in [0.1, 0.15) is 0 Å². The van der Waals surface area contributed by atoms with Gasteiger partial charge in [-0.2, -0.15) is 0 Å². The van der Waals surface area contributed by atoms with Gasteiger partial charge >= 0.3 is 6.03 Å². The number of hydrogen-bond donors (Lipinski definition) is 1. The van der Waals surface area contributed by atoms with E-state index in [0.717, 1.165) is 5.70 Å². The summed E-state index contributed by atoms with van der Waals surface area (Å²) in [5.74, 6) is 0. The molecule has 1 rings (SSSR count). The second-order valence-corrected chi connectivity index (χ2v) is 2.22. The van der Waals surface area contributed by atoms with Crippen LogP contribution >= 0.6 is 0 Å². The molecule has 1 heterocycles. The predicted octanol–water partition coefficient (Wildman–Crippen LogP) is 1.57. The van der Waals surface area contributed by atoms with Crippen LogP contribution in [-0.4, -0.2) is 24.0 Å². The van der Waals surface area contributed by atoms with Crippen LogP contribution in [0.1, 0.15) is 20.8 Å². The van der Waals surface area contributed by atoms with E-state index in [2.05, 4.69) is 11.9 Å². The monoisotopic (exact) mass is 156 g/mol. The normalized spacial score (nSPS) is 22.5. The Morgan fingerprint density at radius 3 is 2.09 bits per heavy atom. The lowest BCUT2D eigenvalue weighted by molar-refractivity contribution is 0.229. The van der Waals surface area contributed by atoms with Gasteiger partial charge in [0.2, 0.25) is 0 Å². The molecule has 1 N–H and O–H groups in total. The lowest BCUT2D eigenvalue weighted by Gasteiger charge is -2.06. The van der Waals surface area contributed by atoms with Gasteiger partial charge in [0.25, 0.3) is 0 Å². The molecule has 1 aliphatic rings. The fourth-order valence-corrected chi connectivity index (χ4v) is 0.786. The van der Waals surface area contributed by atoms with Crippen molar-refractivity contribution in [2.24, 2.45) is 0 Å². The summed E-state index contributed by atoms with van der Waals surface area (Å²) < 4.78 is 0. The van der Waals surface area contributed by atoms with Crippen molar-refractivity contribution in [3.8, 4) is 0 Å². The molecule has 3 nitrogen and oxygen atoms in total. The number of urea groups is 1. The van der Waals surface area contributed by atoms with Crippen molar-refractivity contribution in [2.45, 2.75) is 26.8 Å². The van der Waals surface area contributed by atoms with Crippen LogP contribution in [0.4, 0.5) is 4.79 Å². The number of likely N-dealkylation sites (N-methyl/N-ethyl adjacent to an activating group) is 1. The van der Waals surface area contributed by atoms with Gasteiger partial charge in [0.05, 0.1) is 6.04 Å². The Morgan fingerprint density at radius 2 is 2.00 bits per heavy atom. The average Bonchev–Trinajstić information content (AvgIpc) is 2.22. The van der Waals surface area contributed by atoms with E-state index in [-0.39, 0.29) is 12.1 Å². The van der Waals surface area contributed by atoms with Crippen molar-refractivity contribution in [1.29, 1.82) is 0 Å². The van der Waals surface area contributed by atoms with Crippen LogP contribution in [0.5, 0.6) is 0 Å². The Morgan fingerprint density at radius 1 is 1.55 bits per heavy atom. The van der Waals surface area contributed by atoms with Crippen molar-refractivity contribution in [2.75, 3.05) is 7.05 Å². The van der Waals surface area contributed by atoms with Crippen molar-refractivity contribution in [3.63, 3.8) is 0 Å². The number of rotatable bonds is 0. The molecular weight excluding hydrogens is 140 g/mol. The van der Waals surface area contributed by atoms with E-state index in [4.69, 9.17) is 0 Å². The zero-order chi connectivity index (χ0) is 9.02. The predicted molar refractivity (Wildman–Crippen MR) is 46.2 cm³/mol. The van der Waals surface area contributed by atoms with Crippen molar-refractivity contribution >= 4 is 6.03 Å². The second-order valence-electron chi connectivity index (χ2n) is 2.22. The fourth-order valence-electron chi connectivity index (χ4n) is 0.786. The molecule has 0 aliphatic carbocycles. The highest BCUT2D eigenvalue weighted by Gasteiger charge is 2.25. The zero-order valence-electron chi connectivity index (χ0n) is 7.64. The molecule has 0 aromatic carbocycles. The maximum atomic E-state index is 10.7. The first-order valence-corrected chi connectivity index (χ1v) is 3.86. The first-order valence-electron chi connectivity index (χ1n) is 3.86. The first-order chi connectivity index (χ1) is 5.13. The summed E-state index contributed by atoms with van der Waals surface area (Å²) in [6.45, 7) is 9.62. The number of nitrogens with one attached hydrogen (secondary N) is 1. The maximum Gasteiger partial charge on any atom is 0.321 e. The standard InChI is InChI=1S/C6H10N2O.C2H6/c1-4-5(2)8(3)6(9)7-4;1-2/h4H,2H2,1,3H3,(H,7,9);1-2H3. The second kappa shape index (κ2) is 4.01. The van der Waals surface area contributed by atoms with E-state index in [1.165, 1.54) is 4.90 Å². The van der Waals surface area contributed by atoms with E-state index in [1.807, 2.05) is 20.8 Å². The van der Waals surface area contributed by atoms with Gasteiger partial charge < -0.3 is 5.32 Å². The number of nitrogens with zero attached hydrogens (tertiary/aromatic N) is 1. The van der Waals surface area contributed by atoms with Crippen LogP contribution in [0.3, 0.4) is 0 Å². The number of hydrogen-bond acceptors (Lipinski definition) is 1. The molecule has 0 bridgehead atoms. The molecule has 3 heteroatoms. The van der Waals surface area contributed by atoms with Gasteiger partial charge in [-0.3, -0.25) is 4.90 Å². The Labute approximate surface area is 68.1 Å². The Bertz CT molecular complexity index is 165. The molecule has 1 saturated heterocycles. The molecule has 1 unspecified atom stereocenters. The zero-order valence-corrected chi connectivity index (χ0v) is 7.64. The molecule has 1 aliphatic heterocycles. The van der Waals surface area contributed by atoms with Crippen LogP contribution in [0.2, 0.25) is 0 Å². The summed E-state index contributed by atoms with van der Waals surface area (Å²) in [7, 11) is 1.71. The Balaban J connectivity index is 0.000000461. The highest BCUT2D eigenvalue weighted by atomic mass is 16.2. The maximum absolute atomic E-state index is 10.7. The minimum Gasteiger partial charge on any atom is -0.330 e. The SMILES string of the molecule is C=C1C(C)NC(=O)N1C.CC. The minimum absolute atomic E-state index is 0.0625. The first kappa shape index (κ1) is 10.0. The van der Waals surface area contributed by atoms with Crippen molar-refractivity contribution in [1.82, 2.24) is 10.2 Å². The third-order valence-corrected chi connectivity index (χ3v) is 1.58. The molecule has 0 spiro atoms. The molecule has 1 atom stereocenters. The van der Waals surface area contributed by atoms with Crippen LogP contribution in [0.25, 0.3) is 0 Å². The summed E-state index contributed by atoms with van der Waals surface area (Å²) in [5.41, 5.74) is 0.833. The van der Waals surface area contributed by atoms with Gasteiger partial charge in [0, 0.05) is 12.7 Å². The van der Waals surface area contributed by atoms with E-state index in [1.54, 1.807) is 7.05 Å². The number of amides is 2. The molecule has 11 heavy (non-hydrogen) atoms. The number of carbonyl (C=O) groups is 1. The smallest absolute Gasteiger partial charge is 0.321 e. The lowest BCUT2D eigenvalue weighted by atomic mass is 10.3. The van der Waals surface area contributed by atoms with E-state index >= 15 is 0 Å². The topological polar surface area (TPSA) is 32.3 Å². The highest BCUT2D eigenvalue weighted by molar-refractivity contribution is 5.79. The van der Waals surface area contributed by atoms with Crippen LogP contribution in [0, 0.1) is 0 Å². The van der Waals surface area contributed by atoms with Gasteiger partial charge in [-0.25, -0.2) is 4.79 Å². The molecule has 64 valence electrons. The average molecular weight is 156 g/mol. The van der Waals surface area contributed by atoms with Gasteiger partial charge in [-0.05, 0) is 6.92 Å². The summed E-state index contributed by atoms with van der Waals surface area (Å²) in [6.07, 6.45) is 0. The van der Waals surface area contributed by atoms with Crippen LogP contribution < -0.4 is 5.32 Å². The molecule has 0 saturated carbocycles. The quantitative estimate of drug-likeness (QED) is 0.567. The third-order valence-electron chi connectivity index (χ3n) is 1.58. The molecule has 0 aromatic heterocycles. The molecule has 0 aromatic rings. The number of carbonyl (C=O) groups excluding carboxylic acids is 1. The summed E-state index contributed by atoms with van der Waals surface area (Å²) in [5, 5.41) is 2.70. The summed E-state index contributed by atoms with van der Waals surface area (Å²) in [4.78, 5) is 12.3. The Kier molecular flexibility index (Phi) is 3.65. The van der Waals surface area contributed by atoms with E-state index in [0.29, 0.717) is 0 Å². The largest absolute Gasteiger partial charge is 0.330 e.